The molecule has 0 aliphatic rings. The molecule has 0 atom stereocenters. The lowest BCUT2D eigenvalue weighted by molar-refractivity contribution is 0.159. The minimum Gasteiger partial charge on any atom is -0.452 e. The Hall–Kier alpha value is -2.18. The lowest BCUT2D eigenvalue weighted by Crippen LogP contribution is -2.38. The van der Waals surface area contributed by atoms with Gasteiger partial charge in [-0.3, -0.25) is 0 Å². The molecule has 0 spiro atoms. The summed E-state index contributed by atoms with van der Waals surface area (Å²) in [6, 6.07) is 1.72. The fraction of sp³-hybridized carbons (Fsp3) is 0.400. The maximum Gasteiger partial charge on any atom is 0.426 e. The molecule has 92 valence electrons. The Morgan fingerprint density at radius 1 is 1.06 bits per heavy atom. The van der Waals surface area contributed by atoms with Gasteiger partial charge < -0.3 is 9.47 Å². The minimum atomic E-state index is -0.901. The molecule has 0 radical (unpaired) electrons. The van der Waals surface area contributed by atoms with Crippen molar-refractivity contribution in [3.8, 4) is 0 Å². The van der Waals surface area contributed by atoms with Crippen molar-refractivity contribution in [3.63, 3.8) is 0 Å². The van der Waals surface area contributed by atoms with Gasteiger partial charge in [-0.1, -0.05) is 0 Å². The first-order valence-corrected chi connectivity index (χ1v) is 4.78. The van der Waals surface area contributed by atoms with E-state index < -0.39 is 12.2 Å². The first-order valence-electron chi connectivity index (χ1n) is 4.78. The Balaban J connectivity index is 3.21. The number of methoxy groups -OCH3 is 2. The summed E-state index contributed by atoms with van der Waals surface area (Å²) in [5.41, 5.74) is 1.26. The smallest absolute Gasteiger partial charge is 0.426 e. The van der Waals surface area contributed by atoms with Crippen molar-refractivity contribution in [2.24, 2.45) is 0 Å². The molecule has 7 nitrogen and oxygen atoms in total. The molecule has 1 aromatic heterocycles. The quantitative estimate of drug-likeness (QED) is 0.737. The Kier molecular flexibility index (Phi) is 3.97. The van der Waals surface area contributed by atoms with Crippen LogP contribution in [0.4, 0.5) is 15.5 Å². The van der Waals surface area contributed by atoms with Crippen LogP contribution in [0.2, 0.25) is 0 Å². The van der Waals surface area contributed by atoms with E-state index in [1.807, 2.05) is 0 Å². The predicted molar refractivity (Wildman–Crippen MR) is 58.8 cm³/mol. The van der Waals surface area contributed by atoms with Gasteiger partial charge in [0.05, 0.1) is 14.2 Å². The Bertz CT molecular complexity index is 411. The van der Waals surface area contributed by atoms with Crippen LogP contribution < -0.4 is 4.90 Å². The summed E-state index contributed by atoms with van der Waals surface area (Å²) >= 11 is 0. The lowest BCUT2D eigenvalue weighted by Gasteiger charge is -2.16. The lowest BCUT2D eigenvalue weighted by atomic mass is 10.3. The van der Waals surface area contributed by atoms with Gasteiger partial charge in [-0.05, 0) is 19.9 Å². The molecule has 1 aromatic rings. The highest BCUT2D eigenvalue weighted by Crippen LogP contribution is 2.12. The van der Waals surface area contributed by atoms with Crippen molar-refractivity contribution in [1.29, 1.82) is 0 Å². The standard InChI is InChI=1S/C10H13N3O4/c1-6-5-7(2)12-8(11-6)13(9(14)16-3)10(15)17-4/h5H,1-4H3. The molecule has 0 saturated heterocycles. The number of aromatic nitrogens is 2. The number of imide groups is 1. The maximum atomic E-state index is 11.5. The van der Waals surface area contributed by atoms with Crippen LogP contribution in [0.1, 0.15) is 11.4 Å². The van der Waals surface area contributed by atoms with E-state index in [-0.39, 0.29) is 5.95 Å². The topological polar surface area (TPSA) is 81.6 Å². The van der Waals surface area contributed by atoms with E-state index in [1.54, 1.807) is 19.9 Å². The molecule has 0 aliphatic heterocycles. The van der Waals surface area contributed by atoms with Gasteiger partial charge >= 0.3 is 12.2 Å². The highest BCUT2D eigenvalue weighted by Gasteiger charge is 2.28. The third kappa shape index (κ3) is 2.90. The average Bonchev–Trinajstić information content (AvgIpc) is 2.27. The van der Waals surface area contributed by atoms with E-state index >= 15 is 0 Å². The van der Waals surface area contributed by atoms with Crippen LogP contribution in [0.25, 0.3) is 0 Å². The van der Waals surface area contributed by atoms with Crippen LogP contribution in [0, 0.1) is 13.8 Å². The molecule has 0 unspecified atom stereocenters. The zero-order chi connectivity index (χ0) is 13.0. The van der Waals surface area contributed by atoms with Gasteiger partial charge in [0, 0.05) is 11.4 Å². The molecule has 1 heterocycles. The zero-order valence-electron chi connectivity index (χ0n) is 10.1. The van der Waals surface area contributed by atoms with Crippen LogP contribution in [-0.4, -0.2) is 36.4 Å². The van der Waals surface area contributed by atoms with Gasteiger partial charge in [-0.15, -0.1) is 4.90 Å². The number of carbonyl (C=O) groups is 2. The summed E-state index contributed by atoms with van der Waals surface area (Å²) in [6.45, 7) is 3.45. The number of hydrogen-bond acceptors (Lipinski definition) is 6. The minimum absolute atomic E-state index is 0.0683. The van der Waals surface area contributed by atoms with Crippen molar-refractivity contribution >= 4 is 18.1 Å². The fourth-order valence-corrected chi connectivity index (χ4v) is 1.23. The van der Waals surface area contributed by atoms with Crippen molar-refractivity contribution in [2.75, 3.05) is 19.1 Å². The largest absolute Gasteiger partial charge is 0.452 e. The van der Waals surface area contributed by atoms with Crippen molar-refractivity contribution < 1.29 is 19.1 Å². The molecule has 7 heteroatoms. The van der Waals surface area contributed by atoms with Crippen LogP contribution in [0.15, 0.2) is 6.07 Å². The van der Waals surface area contributed by atoms with E-state index in [0.717, 1.165) is 14.2 Å². The number of ether oxygens (including phenoxy) is 2. The second kappa shape index (κ2) is 5.24. The number of aryl methyl sites for hydroxylation is 2. The van der Waals surface area contributed by atoms with E-state index in [0.29, 0.717) is 16.3 Å². The first-order chi connectivity index (χ1) is 7.99. The monoisotopic (exact) mass is 239 g/mol. The average molecular weight is 239 g/mol. The van der Waals surface area contributed by atoms with Crippen molar-refractivity contribution in [3.05, 3.63) is 17.5 Å². The molecule has 0 fully saturated rings. The predicted octanol–water partition coefficient (Wildman–Crippen LogP) is 1.43. The van der Waals surface area contributed by atoms with Crippen LogP contribution in [0.5, 0.6) is 0 Å². The van der Waals surface area contributed by atoms with Crippen LogP contribution in [-0.2, 0) is 9.47 Å². The number of amides is 2. The van der Waals surface area contributed by atoms with E-state index in [4.69, 9.17) is 0 Å². The van der Waals surface area contributed by atoms with Gasteiger partial charge in [0.15, 0.2) is 0 Å². The number of rotatable bonds is 1. The molecular formula is C10H13N3O4. The summed E-state index contributed by atoms with van der Waals surface area (Å²) in [5.74, 6) is -0.0683. The second-order valence-corrected chi connectivity index (χ2v) is 3.23. The molecule has 17 heavy (non-hydrogen) atoms. The number of hydrogen-bond donors (Lipinski definition) is 0. The molecule has 0 aliphatic carbocycles. The van der Waals surface area contributed by atoms with Gasteiger partial charge in [0.1, 0.15) is 0 Å². The third-order valence-electron chi connectivity index (χ3n) is 1.88. The van der Waals surface area contributed by atoms with Crippen molar-refractivity contribution in [1.82, 2.24) is 9.97 Å². The normalized spacial score (nSPS) is 9.65. The first kappa shape index (κ1) is 12.9. The van der Waals surface area contributed by atoms with E-state index in [9.17, 15) is 9.59 Å². The highest BCUT2D eigenvalue weighted by molar-refractivity contribution is 6.07. The zero-order valence-corrected chi connectivity index (χ0v) is 10.1. The van der Waals surface area contributed by atoms with Crippen LogP contribution >= 0.6 is 0 Å². The Morgan fingerprint density at radius 3 is 1.82 bits per heavy atom. The molecule has 0 aromatic carbocycles. The Labute approximate surface area is 98.4 Å². The molecule has 0 bridgehead atoms. The molecule has 0 saturated carbocycles. The van der Waals surface area contributed by atoms with E-state index in [2.05, 4.69) is 19.4 Å². The maximum absolute atomic E-state index is 11.5. The highest BCUT2D eigenvalue weighted by atomic mass is 16.6. The molecular weight excluding hydrogens is 226 g/mol. The fourth-order valence-electron chi connectivity index (χ4n) is 1.23. The summed E-state index contributed by atoms with van der Waals surface area (Å²) in [6.07, 6.45) is -1.80. The Morgan fingerprint density at radius 2 is 1.47 bits per heavy atom. The summed E-state index contributed by atoms with van der Waals surface area (Å²) in [4.78, 5) is 31.5. The van der Waals surface area contributed by atoms with E-state index in [1.165, 1.54) is 0 Å². The number of carbonyl (C=O) groups excluding carboxylic acids is 2. The summed E-state index contributed by atoms with van der Waals surface area (Å²) < 4.78 is 8.95. The van der Waals surface area contributed by atoms with Gasteiger partial charge in [0.25, 0.3) is 0 Å². The SMILES string of the molecule is COC(=O)N(C(=O)OC)c1nc(C)cc(C)n1. The van der Waals surface area contributed by atoms with Gasteiger partial charge in [0.2, 0.25) is 5.95 Å². The summed E-state index contributed by atoms with van der Waals surface area (Å²) in [5, 5.41) is 0. The van der Waals surface area contributed by atoms with Crippen LogP contribution in [0.3, 0.4) is 0 Å². The van der Waals surface area contributed by atoms with Crippen molar-refractivity contribution in [2.45, 2.75) is 13.8 Å². The number of nitrogens with zero attached hydrogens (tertiary/aromatic N) is 3. The van der Waals surface area contributed by atoms with Gasteiger partial charge in [-0.25, -0.2) is 19.6 Å². The van der Waals surface area contributed by atoms with Gasteiger partial charge in [-0.2, -0.15) is 0 Å². The second-order valence-electron chi connectivity index (χ2n) is 3.23. The number of anilines is 1. The molecule has 2 amide bonds. The molecule has 1 rings (SSSR count). The third-order valence-corrected chi connectivity index (χ3v) is 1.88. The summed E-state index contributed by atoms with van der Waals surface area (Å²) in [7, 11) is 2.31. The molecule has 0 N–H and O–H groups in total.